The Morgan fingerprint density at radius 1 is 0.737 bits per heavy atom. The van der Waals surface area contributed by atoms with Gasteiger partial charge in [0.15, 0.2) is 0 Å². The molecule has 0 spiro atoms. The molecule has 19 heavy (non-hydrogen) atoms. The first kappa shape index (κ1) is 15.9. The van der Waals surface area contributed by atoms with E-state index in [1.54, 1.807) is 11.1 Å². The summed E-state index contributed by atoms with van der Waals surface area (Å²) in [5.74, 6) is 0. The van der Waals surface area contributed by atoms with Crippen molar-refractivity contribution >= 4 is 44.2 Å². The molecule has 0 aromatic heterocycles. The Bertz CT molecular complexity index is 439. The van der Waals surface area contributed by atoms with Crippen molar-refractivity contribution in [1.82, 2.24) is 0 Å². The van der Waals surface area contributed by atoms with E-state index in [0.29, 0.717) is 10.8 Å². The van der Waals surface area contributed by atoms with Crippen LogP contribution in [0.1, 0.15) is 54.4 Å². The zero-order valence-electron chi connectivity index (χ0n) is 13.4. The zero-order valence-corrected chi connectivity index (χ0v) is 17.9. The molecule has 0 amide bonds. The van der Waals surface area contributed by atoms with Crippen molar-refractivity contribution in [2.75, 3.05) is 0 Å². The van der Waals surface area contributed by atoms with Crippen molar-refractivity contribution in [1.29, 1.82) is 0 Å². The molecule has 100 valence electrons. The molecule has 0 N–H and O–H groups in total. The van der Waals surface area contributed by atoms with Gasteiger partial charge in [-0.1, -0.05) is 0 Å². The van der Waals surface area contributed by atoms with Crippen molar-refractivity contribution in [2.45, 2.75) is 54.4 Å². The van der Waals surface area contributed by atoms with Gasteiger partial charge in [-0.05, 0) is 0 Å². The van der Waals surface area contributed by atoms with Crippen LogP contribution in [0.5, 0.6) is 0 Å². The van der Waals surface area contributed by atoms with Crippen LogP contribution in [0.4, 0.5) is 0 Å². The average Bonchev–Trinajstić information content (AvgIpc) is 2.83. The number of hydrogen-bond acceptors (Lipinski definition) is 0. The Hall–Kier alpha value is 0.531. The third-order valence-electron chi connectivity index (χ3n) is 4.10. The van der Waals surface area contributed by atoms with E-state index in [1.807, 2.05) is 0.0821 Å². The molecule has 1 heteroatoms. The molecular formula is C18H26Ba. The number of allylic oxidation sites excluding steroid dienone is 8. The monoisotopic (exact) mass is 380 g/mol. The first-order valence-electron chi connectivity index (χ1n) is 7.47. The molecule has 0 nitrogen and oxygen atoms in total. The average molecular weight is 380 g/mol. The topological polar surface area (TPSA) is 0 Å². The molecule has 0 unspecified atom stereocenters. The van der Waals surface area contributed by atoms with Crippen LogP contribution in [0.2, 0.25) is 0 Å². The van der Waals surface area contributed by atoms with Gasteiger partial charge in [-0.15, -0.1) is 0 Å². The minimum absolute atomic E-state index is 0.330. The van der Waals surface area contributed by atoms with Crippen LogP contribution < -0.4 is 0 Å². The van der Waals surface area contributed by atoms with Gasteiger partial charge in [0.05, 0.1) is 0 Å². The van der Waals surface area contributed by atoms with Gasteiger partial charge in [0, 0.05) is 0 Å². The zero-order chi connectivity index (χ0) is 14.3. The SMILES string of the molecule is CC(C)(C)C1=[C]([Ba][C]2=C(C(C)(C)C)C=CC2)CC=C1. The summed E-state index contributed by atoms with van der Waals surface area (Å²) in [5, 5.41) is 0. The Morgan fingerprint density at radius 2 is 1.11 bits per heavy atom. The van der Waals surface area contributed by atoms with E-state index in [1.165, 1.54) is 12.8 Å². The Balaban J connectivity index is 2.28. The molecule has 0 radical (unpaired) electrons. The molecule has 0 fully saturated rings. The second kappa shape index (κ2) is 5.73. The van der Waals surface area contributed by atoms with Crippen LogP contribution in [0, 0.1) is 10.8 Å². The van der Waals surface area contributed by atoms with Gasteiger partial charge >= 0.3 is 145 Å². The van der Waals surface area contributed by atoms with Crippen molar-refractivity contribution in [2.24, 2.45) is 10.8 Å². The van der Waals surface area contributed by atoms with Gasteiger partial charge in [-0.3, -0.25) is 0 Å². The molecule has 0 saturated heterocycles. The van der Waals surface area contributed by atoms with E-state index in [-0.39, 0.29) is 0 Å². The summed E-state index contributed by atoms with van der Waals surface area (Å²) >= 11 is -1.11. The van der Waals surface area contributed by atoms with Crippen LogP contribution in [-0.4, -0.2) is 44.2 Å². The van der Waals surface area contributed by atoms with E-state index >= 15 is 0 Å². The fraction of sp³-hybridized carbons (Fsp3) is 0.556. The molecule has 0 atom stereocenters. The van der Waals surface area contributed by atoms with Crippen LogP contribution in [0.3, 0.4) is 0 Å². The number of rotatable bonds is 2. The molecule has 0 saturated carbocycles. The predicted molar refractivity (Wildman–Crippen MR) is 86.2 cm³/mol. The molecule has 2 aliphatic carbocycles. The molecule has 0 aliphatic heterocycles. The molecular weight excluding hydrogens is 354 g/mol. The summed E-state index contributed by atoms with van der Waals surface area (Å²) in [6, 6.07) is 0. The second-order valence-corrected chi connectivity index (χ2v) is 14.4. The second-order valence-electron chi connectivity index (χ2n) is 7.92. The quantitative estimate of drug-likeness (QED) is 0.578. The molecule has 0 bridgehead atoms. The molecule has 0 aromatic carbocycles. The van der Waals surface area contributed by atoms with E-state index in [9.17, 15) is 0 Å². The van der Waals surface area contributed by atoms with Crippen molar-refractivity contribution < 1.29 is 0 Å². The minimum atomic E-state index is -1.11. The Kier molecular flexibility index (Phi) is 4.80. The first-order valence-corrected chi connectivity index (χ1v) is 11.9. The molecule has 2 rings (SSSR count). The third kappa shape index (κ3) is 3.79. The Labute approximate surface area is 143 Å². The third-order valence-corrected chi connectivity index (χ3v) is 11.0. The summed E-state index contributed by atoms with van der Waals surface area (Å²) in [5.41, 5.74) is 3.97. The Morgan fingerprint density at radius 3 is 1.42 bits per heavy atom. The van der Waals surface area contributed by atoms with Gasteiger partial charge in [-0.2, -0.15) is 0 Å². The summed E-state index contributed by atoms with van der Waals surface area (Å²) in [6.07, 6.45) is 12.1. The first-order chi connectivity index (χ1) is 8.69. The van der Waals surface area contributed by atoms with Gasteiger partial charge in [0.1, 0.15) is 0 Å². The van der Waals surface area contributed by atoms with Gasteiger partial charge in [-0.25, -0.2) is 0 Å². The van der Waals surface area contributed by atoms with Crippen molar-refractivity contribution in [3.05, 3.63) is 35.5 Å². The predicted octanol–water partition coefficient (Wildman–Crippen LogP) is 5.21. The van der Waals surface area contributed by atoms with E-state index in [2.05, 4.69) is 65.8 Å². The van der Waals surface area contributed by atoms with E-state index < -0.39 is 44.2 Å². The van der Waals surface area contributed by atoms with Crippen LogP contribution in [0.15, 0.2) is 35.5 Å². The fourth-order valence-electron chi connectivity index (χ4n) is 3.25. The van der Waals surface area contributed by atoms with Crippen LogP contribution in [-0.2, 0) is 0 Å². The summed E-state index contributed by atoms with van der Waals surface area (Å²) in [6.45, 7) is 14.2. The van der Waals surface area contributed by atoms with Crippen molar-refractivity contribution in [3.8, 4) is 0 Å². The maximum atomic E-state index is 2.40. The summed E-state index contributed by atoms with van der Waals surface area (Å²) in [7, 11) is 0. The molecule has 0 aromatic rings. The van der Waals surface area contributed by atoms with Crippen LogP contribution in [0.25, 0.3) is 0 Å². The fourth-order valence-corrected chi connectivity index (χ4v) is 12.1. The number of hydrogen-bond donors (Lipinski definition) is 0. The maximum absolute atomic E-state index is 2.40. The van der Waals surface area contributed by atoms with E-state index in [4.69, 9.17) is 0 Å². The van der Waals surface area contributed by atoms with E-state index in [0.717, 1.165) is 0 Å². The van der Waals surface area contributed by atoms with Gasteiger partial charge in [0.25, 0.3) is 0 Å². The standard InChI is InChI=1S/2C9H13.Ba/c2*1-9(2,3)8-6-4-5-7-8;/h2*4,6H,5H2,1-3H3;. The summed E-state index contributed by atoms with van der Waals surface area (Å²) < 4.78 is 3.71. The van der Waals surface area contributed by atoms with Gasteiger partial charge < -0.3 is 0 Å². The van der Waals surface area contributed by atoms with Crippen molar-refractivity contribution in [3.63, 3.8) is 0 Å². The molecule has 2 aliphatic rings. The normalized spacial score (nSPS) is 19.7. The summed E-state index contributed by atoms with van der Waals surface area (Å²) in [4.78, 5) is 0. The van der Waals surface area contributed by atoms with Crippen LogP contribution >= 0.6 is 0 Å². The molecule has 0 heterocycles. The van der Waals surface area contributed by atoms with Gasteiger partial charge in [0.2, 0.25) is 0 Å².